The molecule has 0 bridgehead atoms. The van der Waals surface area contributed by atoms with E-state index in [1.54, 1.807) is 6.20 Å². The maximum Gasteiger partial charge on any atom is 0.258 e. The molecule has 0 aliphatic heterocycles. The molecule has 3 heterocycles. The summed E-state index contributed by atoms with van der Waals surface area (Å²) in [6.45, 7) is 4.01. The van der Waals surface area contributed by atoms with E-state index in [9.17, 15) is 9.59 Å². The zero-order valence-electron chi connectivity index (χ0n) is 15.6. The van der Waals surface area contributed by atoms with Gasteiger partial charge in [0.2, 0.25) is 11.8 Å². The number of carbonyl (C=O) groups is 1. The van der Waals surface area contributed by atoms with Gasteiger partial charge < -0.3 is 9.84 Å². The molecule has 1 N–H and O–H groups in total. The standard InChI is InChI=1S/C18H21N5O3S2/c1-10(2)15(17-21-16(22-26-17)11-3-4-11)20-13(24)9-27-8-12-7-14(25)23-5-6-28-18(23)19-12/h5-7,10-11,15H,3-4,8-9H2,1-2H3,(H,20,24). The van der Waals surface area contributed by atoms with Crippen molar-refractivity contribution in [3.8, 4) is 0 Å². The van der Waals surface area contributed by atoms with Gasteiger partial charge in [-0.3, -0.25) is 14.0 Å². The summed E-state index contributed by atoms with van der Waals surface area (Å²) in [6, 6.07) is 1.21. The van der Waals surface area contributed by atoms with Gasteiger partial charge in [-0.05, 0) is 18.8 Å². The van der Waals surface area contributed by atoms with Crippen molar-refractivity contribution in [3.05, 3.63) is 45.4 Å². The van der Waals surface area contributed by atoms with Crippen molar-refractivity contribution in [1.29, 1.82) is 0 Å². The maximum absolute atomic E-state index is 12.4. The number of hydrogen-bond donors (Lipinski definition) is 1. The van der Waals surface area contributed by atoms with Gasteiger partial charge in [-0.2, -0.15) is 4.98 Å². The highest BCUT2D eigenvalue weighted by atomic mass is 32.2. The van der Waals surface area contributed by atoms with Crippen molar-refractivity contribution in [2.24, 2.45) is 5.92 Å². The summed E-state index contributed by atoms with van der Waals surface area (Å²) in [6.07, 6.45) is 3.91. The fraction of sp³-hybridized carbons (Fsp3) is 0.500. The van der Waals surface area contributed by atoms with E-state index in [1.807, 2.05) is 19.2 Å². The lowest BCUT2D eigenvalue weighted by Gasteiger charge is -2.18. The Morgan fingerprint density at radius 3 is 3.00 bits per heavy atom. The molecule has 10 heteroatoms. The molecule has 1 unspecified atom stereocenters. The second-order valence-corrected chi connectivity index (χ2v) is 9.05. The zero-order valence-corrected chi connectivity index (χ0v) is 17.3. The molecule has 1 saturated carbocycles. The van der Waals surface area contributed by atoms with E-state index < -0.39 is 0 Å². The Morgan fingerprint density at radius 1 is 1.43 bits per heavy atom. The molecule has 1 aliphatic rings. The molecule has 0 saturated heterocycles. The van der Waals surface area contributed by atoms with Crippen molar-refractivity contribution in [2.45, 2.75) is 44.4 Å². The summed E-state index contributed by atoms with van der Waals surface area (Å²) < 4.78 is 6.89. The number of amides is 1. The minimum Gasteiger partial charge on any atom is -0.343 e. The van der Waals surface area contributed by atoms with Crippen LogP contribution in [0, 0.1) is 5.92 Å². The van der Waals surface area contributed by atoms with Crippen LogP contribution in [0.4, 0.5) is 0 Å². The van der Waals surface area contributed by atoms with Crippen LogP contribution in [0.3, 0.4) is 0 Å². The summed E-state index contributed by atoms with van der Waals surface area (Å²) in [7, 11) is 0. The van der Waals surface area contributed by atoms with Gasteiger partial charge in [0.05, 0.1) is 11.4 Å². The minimum absolute atomic E-state index is 0.103. The minimum atomic E-state index is -0.307. The van der Waals surface area contributed by atoms with Crippen LogP contribution < -0.4 is 10.9 Å². The first-order chi connectivity index (χ1) is 13.5. The van der Waals surface area contributed by atoms with Crippen LogP contribution in [0.25, 0.3) is 4.96 Å². The molecule has 0 aromatic carbocycles. The van der Waals surface area contributed by atoms with Crippen LogP contribution in [0.1, 0.15) is 56.1 Å². The molecule has 1 fully saturated rings. The van der Waals surface area contributed by atoms with Crippen molar-refractivity contribution >= 4 is 34.0 Å². The Bertz CT molecular complexity index is 1040. The van der Waals surface area contributed by atoms with E-state index in [1.165, 1.54) is 33.6 Å². The number of rotatable bonds is 8. The summed E-state index contributed by atoms with van der Waals surface area (Å²) in [4.78, 5) is 34.0. The lowest BCUT2D eigenvalue weighted by atomic mass is 10.0. The Balaban J connectivity index is 1.33. The molecule has 0 radical (unpaired) electrons. The van der Waals surface area contributed by atoms with Crippen LogP contribution in [0.15, 0.2) is 27.0 Å². The number of hydrogen-bond acceptors (Lipinski definition) is 8. The summed E-state index contributed by atoms with van der Waals surface area (Å²) >= 11 is 2.83. The first-order valence-corrected chi connectivity index (χ1v) is 11.2. The summed E-state index contributed by atoms with van der Waals surface area (Å²) in [5.74, 6) is 2.40. The van der Waals surface area contributed by atoms with Crippen LogP contribution in [0.5, 0.6) is 0 Å². The van der Waals surface area contributed by atoms with E-state index in [-0.39, 0.29) is 29.2 Å². The Morgan fingerprint density at radius 2 is 2.25 bits per heavy atom. The molecule has 4 rings (SSSR count). The van der Waals surface area contributed by atoms with Gasteiger partial charge in [-0.15, -0.1) is 23.1 Å². The van der Waals surface area contributed by atoms with E-state index in [0.717, 1.165) is 18.7 Å². The molecule has 28 heavy (non-hydrogen) atoms. The topological polar surface area (TPSA) is 102 Å². The fourth-order valence-corrected chi connectivity index (χ4v) is 4.29. The molecule has 148 valence electrons. The molecular formula is C18H21N5O3S2. The fourth-order valence-electron chi connectivity index (χ4n) is 2.82. The number of carbonyl (C=O) groups excluding carboxylic acids is 1. The van der Waals surface area contributed by atoms with Crippen LogP contribution in [-0.4, -0.2) is 31.2 Å². The Labute approximate surface area is 169 Å². The monoisotopic (exact) mass is 419 g/mol. The average Bonchev–Trinajstić information content (AvgIpc) is 3.19. The number of aromatic nitrogens is 4. The lowest BCUT2D eigenvalue weighted by Crippen LogP contribution is -2.33. The third-order valence-corrected chi connectivity index (χ3v) is 6.21. The Kier molecular flexibility index (Phi) is 5.49. The van der Waals surface area contributed by atoms with Crippen molar-refractivity contribution in [3.63, 3.8) is 0 Å². The highest BCUT2D eigenvalue weighted by Gasteiger charge is 2.31. The highest BCUT2D eigenvalue weighted by Crippen LogP contribution is 2.38. The van der Waals surface area contributed by atoms with Crippen molar-refractivity contribution in [2.75, 3.05) is 5.75 Å². The third-order valence-electron chi connectivity index (χ3n) is 4.49. The molecule has 1 amide bonds. The molecular weight excluding hydrogens is 398 g/mol. The molecule has 1 atom stereocenters. The van der Waals surface area contributed by atoms with E-state index in [4.69, 9.17) is 4.52 Å². The van der Waals surface area contributed by atoms with Gasteiger partial charge in [0.15, 0.2) is 10.8 Å². The number of thiazole rings is 1. The smallest absolute Gasteiger partial charge is 0.258 e. The van der Waals surface area contributed by atoms with E-state index in [2.05, 4.69) is 20.4 Å². The van der Waals surface area contributed by atoms with Gasteiger partial charge in [-0.25, -0.2) is 4.98 Å². The summed E-state index contributed by atoms with van der Waals surface area (Å²) in [5, 5.41) is 8.85. The lowest BCUT2D eigenvalue weighted by molar-refractivity contribution is -0.119. The first-order valence-electron chi connectivity index (χ1n) is 9.17. The number of nitrogens with one attached hydrogen (secondary N) is 1. The molecule has 0 spiro atoms. The summed E-state index contributed by atoms with van der Waals surface area (Å²) in [5.41, 5.74) is 0.575. The average molecular weight is 420 g/mol. The maximum atomic E-state index is 12.4. The van der Waals surface area contributed by atoms with Crippen molar-refractivity contribution in [1.82, 2.24) is 24.8 Å². The predicted molar refractivity (Wildman–Crippen MR) is 107 cm³/mol. The molecule has 1 aliphatic carbocycles. The van der Waals surface area contributed by atoms with Gasteiger partial charge in [-0.1, -0.05) is 19.0 Å². The quantitative estimate of drug-likeness (QED) is 0.599. The van der Waals surface area contributed by atoms with Crippen LogP contribution in [-0.2, 0) is 10.5 Å². The third kappa shape index (κ3) is 4.27. The van der Waals surface area contributed by atoms with E-state index >= 15 is 0 Å². The van der Waals surface area contributed by atoms with E-state index in [0.29, 0.717) is 28.2 Å². The van der Waals surface area contributed by atoms with Gasteiger partial charge in [0.1, 0.15) is 6.04 Å². The SMILES string of the molecule is CC(C)C(NC(=O)CSCc1cc(=O)n2ccsc2n1)c1nc(C2CC2)no1. The number of nitrogens with zero attached hydrogens (tertiary/aromatic N) is 4. The number of thioether (sulfide) groups is 1. The van der Waals surface area contributed by atoms with Gasteiger partial charge in [0.25, 0.3) is 5.56 Å². The second-order valence-electron chi connectivity index (χ2n) is 7.19. The van der Waals surface area contributed by atoms with Crippen molar-refractivity contribution < 1.29 is 9.32 Å². The van der Waals surface area contributed by atoms with Gasteiger partial charge >= 0.3 is 0 Å². The zero-order chi connectivity index (χ0) is 19.7. The van der Waals surface area contributed by atoms with Gasteiger partial charge in [0, 0.05) is 29.3 Å². The predicted octanol–water partition coefficient (Wildman–Crippen LogP) is 2.76. The Hall–Kier alpha value is -2.20. The normalized spacial score (nSPS) is 15.2. The van der Waals surface area contributed by atoms with Crippen LogP contribution >= 0.6 is 23.1 Å². The largest absolute Gasteiger partial charge is 0.343 e. The first kappa shape index (κ1) is 19.1. The number of fused-ring (bicyclic) bond motifs is 1. The molecule has 3 aromatic heterocycles. The molecule has 3 aromatic rings. The second kappa shape index (κ2) is 8.04. The van der Waals surface area contributed by atoms with Crippen LogP contribution in [0.2, 0.25) is 0 Å². The molecule has 8 nitrogen and oxygen atoms in total. The highest BCUT2D eigenvalue weighted by molar-refractivity contribution is 7.99.